The number of nitrogens with two attached hydrogens (primary N) is 1. The summed E-state index contributed by atoms with van der Waals surface area (Å²) in [6.45, 7) is 6.60. The van der Waals surface area contributed by atoms with Gasteiger partial charge in [-0.3, -0.25) is 0 Å². The molecule has 0 unspecified atom stereocenters. The maximum Gasteiger partial charge on any atom is 0.146 e. The molecule has 0 aliphatic heterocycles. The molecule has 0 amide bonds. The van der Waals surface area contributed by atoms with Crippen molar-refractivity contribution in [1.82, 2.24) is 0 Å². The molecule has 0 aliphatic carbocycles. The van der Waals surface area contributed by atoms with Crippen LogP contribution < -0.4 is 5.73 Å². The van der Waals surface area contributed by atoms with Gasteiger partial charge in [-0.05, 0) is 40.8 Å². The average molecular weight is 289 g/mol. The minimum Gasteiger partial charge on any atom is -0.396 e. The molecule has 0 fully saturated rings. The van der Waals surface area contributed by atoms with E-state index in [9.17, 15) is 4.39 Å². The molecule has 0 radical (unpaired) electrons. The molecule has 0 heterocycles. The quantitative estimate of drug-likeness (QED) is 0.636. The number of hydrogen-bond donors (Lipinski definition) is 1. The molecule has 2 aromatic carbocycles. The van der Waals surface area contributed by atoms with Gasteiger partial charge < -0.3 is 5.73 Å². The predicted octanol–water partition coefficient (Wildman–Crippen LogP) is 5.00. The molecule has 3 heteroatoms. The maximum atomic E-state index is 13.4. The van der Waals surface area contributed by atoms with Gasteiger partial charge in [-0.2, -0.15) is 0 Å². The highest BCUT2D eigenvalue weighted by Gasteiger charge is 2.12. The lowest BCUT2D eigenvalue weighted by Crippen LogP contribution is -2.10. The van der Waals surface area contributed by atoms with E-state index < -0.39 is 0 Å². The third-order valence-electron chi connectivity index (χ3n) is 3.19. The van der Waals surface area contributed by atoms with Crippen LogP contribution in [0.2, 0.25) is 0 Å². The van der Waals surface area contributed by atoms with Crippen molar-refractivity contribution in [1.29, 1.82) is 0 Å². The van der Waals surface area contributed by atoms with Crippen LogP contribution in [0.3, 0.4) is 0 Å². The van der Waals surface area contributed by atoms with Crippen molar-refractivity contribution >= 4 is 17.4 Å². The van der Waals surface area contributed by atoms with Crippen LogP contribution in [0.5, 0.6) is 0 Å². The fourth-order valence-electron chi connectivity index (χ4n) is 1.88. The first kappa shape index (κ1) is 14.9. The van der Waals surface area contributed by atoms with E-state index in [-0.39, 0.29) is 16.9 Å². The molecule has 0 saturated heterocycles. The number of halogens is 1. The molecule has 2 aromatic rings. The van der Waals surface area contributed by atoms with Crippen molar-refractivity contribution in [2.75, 3.05) is 5.73 Å². The van der Waals surface area contributed by atoms with Crippen LogP contribution in [0.1, 0.15) is 31.9 Å². The van der Waals surface area contributed by atoms with Gasteiger partial charge in [0.15, 0.2) is 0 Å². The van der Waals surface area contributed by atoms with E-state index in [1.165, 1.54) is 16.5 Å². The van der Waals surface area contributed by atoms with Gasteiger partial charge in [-0.1, -0.05) is 39.0 Å². The van der Waals surface area contributed by atoms with E-state index in [0.717, 1.165) is 11.3 Å². The van der Waals surface area contributed by atoms with Gasteiger partial charge in [0, 0.05) is 10.6 Å². The highest BCUT2D eigenvalue weighted by Crippen LogP contribution is 2.28. The zero-order chi connectivity index (χ0) is 14.8. The maximum absolute atomic E-state index is 13.4. The lowest BCUT2D eigenvalue weighted by atomic mass is 9.87. The van der Waals surface area contributed by atoms with Gasteiger partial charge in [0.05, 0.1) is 5.69 Å². The van der Waals surface area contributed by atoms with Crippen LogP contribution in [0.25, 0.3) is 0 Å². The molecule has 0 saturated carbocycles. The van der Waals surface area contributed by atoms with Gasteiger partial charge in [0.2, 0.25) is 0 Å². The van der Waals surface area contributed by atoms with Gasteiger partial charge in [0.1, 0.15) is 5.82 Å². The Morgan fingerprint density at radius 3 is 2.25 bits per heavy atom. The van der Waals surface area contributed by atoms with Crippen LogP contribution in [-0.4, -0.2) is 0 Å². The third kappa shape index (κ3) is 3.76. The predicted molar refractivity (Wildman–Crippen MR) is 85.5 cm³/mol. The lowest BCUT2D eigenvalue weighted by Gasteiger charge is -2.19. The second-order valence-corrected chi connectivity index (χ2v) is 6.97. The zero-order valence-corrected chi connectivity index (χ0v) is 12.9. The summed E-state index contributed by atoms with van der Waals surface area (Å²) in [5.41, 5.74) is 8.11. The first-order valence-electron chi connectivity index (χ1n) is 6.63. The van der Waals surface area contributed by atoms with Gasteiger partial charge in [0.25, 0.3) is 0 Å². The molecule has 106 valence electrons. The highest BCUT2D eigenvalue weighted by atomic mass is 32.2. The Morgan fingerprint density at radius 1 is 1.05 bits per heavy atom. The number of anilines is 1. The van der Waals surface area contributed by atoms with E-state index in [1.807, 2.05) is 6.07 Å². The van der Waals surface area contributed by atoms with Crippen LogP contribution in [0, 0.1) is 5.82 Å². The van der Waals surface area contributed by atoms with Gasteiger partial charge in [-0.15, -0.1) is 11.8 Å². The summed E-state index contributed by atoms with van der Waals surface area (Å²) in [7, 11) is 0. The lowest BCUT2D eigenvalue weighted by molar-refractivity contribution is 0.590. The van der Waals surface area contributed by atoms with Crippen molar-refractivity contribution in [3.63, 3.8) is 0 Å². The first-order valence-corrected chi connectivity index (χ1v) is 7.62. The van der Waals surface area contributed by atoms with Crippen LogP contribution in [0.4, 0.5) is 10.1 Å². The number of nitrogen functional groups attached to an aromatic ring is 1. The van der Waals surface area contributed by atoms with E-state index in [1.54, 1.807) is 17.8 Å². The monoisotopic (exact) mass is 289 g/mol. The van der Waals surface area contributed by atoms with Crippen molar-refractivity contribution in [2.45, 2.75) is 36.8 Å². The van der Waals surface area contributed by atoms with Gasteiger partial charge >= 0.3 is 0 Å². The smallest absolute Gasteiger partial charge is 0.146 e. The Hall–Kier alpha value is -1.48. The van der Waals surface area contributed by atoms with Crippen molar-refractivity contribution in [3.8, 4) is 0 Å². The molecule has 0 aromatic heterocycles. The summed E-state index contributed by atoms with van der Waals surface area (Å²) in [6, 6.07) is 13.6. The fraction of sp³-hybridized carbons (Fsp3) is 0.294. The normalized spacial score (nSPS) is 11.6. The van der Waals surface area contributed by atoms with Crippen LogP contribution >= 0.6 is 11.8 Å². The van der Waals surface area contributed by atoms with E-state index in [2.05, 4.69) is 45.0 Å². The number of rotatable bonds is 3. The average Bonchev–Trinajstić information content (AvgIpc) is 2.40. The molecule has 2 rings (SSSR count). The minimum absolute atomic E-state index is 0.170. The Balaban J connectivity index is 2.02. The second-order valence-electron chi connectivity index (χ2n) is 5.92. The molecule has 0 spiro atoms. The molecular formula is C17H20FNS. The molecule has 0 atom stereocenters. The van der Waals surface area contributed by atoms with Gasteiger partial charge in [-0.25, -0.2) is 4.39 Å². The first-order chi connectivity index (χ1) is 9.36. The van der Waals surface area contributed by atoms with E-state index >= 15 is 0 Å². The van der Waals surface area contributed by atoms with Crippen LogP contribution in [0.15, 0.2) is 47.4 Å². The van der Waals surface area contributed by atoms with Crippen molar-refractivity contribution in [2.24, 2.45) is 0 Å². The Kier molecular flexibility index (Phi) is 4.39. The Morgan fingerprint density at radius 2 is 1.70 bits per heavy atom. The van der Waals surface area contributed by atoms with Crippen molar-refractivity contribution in [3.05, 3.63) is 59.4 Å². The fourth-order valence-corrected chi connectivity index (χ4v) is 2.72. The summed E-state index contributed by atoms with van der Waals surface area (Å²) < 4.78 is 13.4. The summed E-state index contributed by atoms with van der Waals surface area (Å²) in [5, 5.41) is 0. The number of thioether (sulfide) groups is 1. The molecule has 1 nitrogen and oxygen atoms in total. The number of hydrogen-bond acceptors (Lipinski definition) is 2. The number of benzene rings is 2. The summed E-state index contributed by atoms with van der Waals surface area (Å²) in [6.07, 6.45) is 0. The van der Waals surface area contributed by atoms with Crippen LogP contribution in [-0.2, 0) is 11.2 Å². The van der Waals surface area contributed by atoms with E-state index in [0.29, 0.717) is 0 Å². The van der Waals surface area contributed by atoms with Crippen molar-refractivity contribution < 1.29 is 4.39 Å². The molecular weight excluding hydrogens is 269 g/mol. The molecule has 2 N–H and O–H groups in total. The van der Waals surface area contributed by atoms with E-state index in [4.69, 9.17) is 5.73 Å². The molecule has 0 aliphatic rings. The third-order valence-corrected chi connectivity index (χ3v) is 4.27. The molecule has 0 bridgehead atoms. The second kappa shape index (κ2) is 5.88. The largest absolute Gasteiger partial charge is 0.396 e. The summed E-state index contributed by atoms with van der Waals surface area (Å²) >= 11 is 1.70. The highest BCUT2D eigenvalue weighted by molar-refractivity contribution is 7.98. The zero-order valence-electron chi connectivity index (χ0n) is 12.1. The Labute approximate surface area is 124 Å². The summed E-state index contributed by atoms with van der Waals surface area (Å²) in [5.74, 6) is 0.401. The standard InChI is InChI=1S/C17H20FNS/c1-17(2,3)13-5-7-14(8-6-13)20-11-12-4-9-16(19)15(18)10-12/h4-10H,11,19H2,1-3H3. The Bertz CT molecular complexity index is 585. The SMILES string of the molecule is CC(C)(C)c1ccc(SCc2ccc(N)c(F)c2)cc1. The topological polar surface area (TPSA) is 26.0 Å². The summed E-state index contributed by atoms with van der Waals surface area (Å²) in [4.78, 5) is 1.19. The molecule has 20 heavy (non-hydrogen) atoms. The minimum atomic E-state index is -0.341.